The summed E-state index contributed by atoms with van der Waals surface area (Å²) in [5.74, 6) is -2.35. The monoisotopic (exact) mass is 557 g/mol. The number of halogens is 4. The van der Waals surface area contributed by atoms with Crippen LogP contribution in [0.3, 0.4) is 0 Å². The fourth-order valence-corrected chi connectivity index (χ4v) is 4.58. The molecule has 0 unspecified atom stereocenters. The number of aryl methyl sites for hydroxylation is 1. The van der Waals surface area contributed by atoms with Crippen LogP contribution in [0.25, 0.3) is 11.3 Å². The number of aromatic nitrogens is 2. The maximum atomic E-state index is 14.1. The maximum Gasteiger partial charge on any atom is 0.418 e. The fraction of sp³-hybridized carbons (Fsp3) is 0.320. The molecular formula is C25H26F4N4O4S. The van der Waals surface area contributed by atoms with E-state index < -0.39 is 68.1 Å². The van der Waals surface area contributed by atoms with Crippen molar-refractivity contribution in [1.29, 1.82) is 0 Å². The summed E-state index contributed by atoms with van der Waals surface area (Å²) in [5, 5.41) is 8.41. The first kappa shape index (κ1) is 24.6. The average Bonchev–Trinajstić information content (AvgIpc) is 2.86. The van der Waals surface area contributed by atoms with Gasteiger partial charge in [-0.25, -0.2) is 14.4 Å². The van der Waals surface area contributed by atoms with Gasteiger partial charge in [-0.15, -0.1) is 0 Å². The third-order valence-corrected chi connectivity index (χ3v) is 6.55. The van der Waals surface area contributed by atoms with Gasteiger partial charge in [0, 0.05) is 29.2 Å². The number of nitrogens with one attached hydrogen (secondary N) is 1. The molecule has 0 spiro atoms. The molecule has 0 aliphatic rings. The minimum atomic E-state index is -5.03. The van der Waals surface area contributed by atoms with Gasteiger partial charge in [0.25, 0.3) is 10.0 Å². The first-order valence-electron chi connectivity index (χ1n) is 12.9. The van der Waals surface area contributed by atoms with Crippen LogP contribution in [0.5, 0.6) is 0 Å². The number of rotatable bonds is 11. The molecule has 2 N–H and O–H groups in total. The van der Waals surface area contributed by atoms with Crippen LogP contribution in [0, 0.1) is 12.7 Å². The van der Waals surface area contributed by atoms with Crippen LogP contribution in [-0.2, 0) is 21.0 Å². The Morgan fingerprint density at radius 2 is 1.89 bits per heavy atom. The van der Waals surface area contributed by atoms with E-state index in [9.17, 15) is 30.8 Å². The Balaban J connectivity index is 2.04. The highest BCUT2D eigenvalue weighted by Gasteiger charge is 2.35. The lowest BCUT2D eigenvalue weighted by Crippen LogP contribution is -2.27. The molecule has 8 nitrogen and oxygen atoms in total. The van der Waals surface area contributed by atoms with Crippen molar-refractivity contribution in [2.75, 3.05) is 22.7 Å². The Kier molecular flexibility index (Phi) is 7.61. The van der Waals surface area contributed by atoms with E-state index in [1.165, 1.54) is 12.1 Å². The molecule has 0 fully saturated rings. The lowest BCUT2D eigenvalue weighted by Gasteiger charge is -2.23. The van der Waals surface area contributed by atoms with Gasteiger partial charge in [-0.05, 0) is 61.7 Å². The molecule has 0 aliphatic carbocycles. The van der Waals surface area contributed by atoms with Gasteiger partial charge >= 0.3 is 12.1 Å². The van der Waals surface area contributed by atoms with E-state index in [4.69, 9.17) is 9.22 Å². The van der Waals surface area contributed by atoms with Gasteiger partial charge < -0.3 is 10.0 Å². The maximum absolute atomic E-state index is 14.1. The Bertz CT molecular complexity index is 1520. The van der Waals surface area contributed by atoms with Crippen molar-refractivity contribution < 1.29 is 40.0 Å². The minimum absolute atomic E-state index is 0.101. The number of pyridine rings is 2. The quantitative estimate of drug-likeness (QED) is 0.300. The van der Waals surface area contributed by atoms with E-state index in [0.717, 1.165) is 24.3 Å². The Morgan fingerprint density at radius 3 is 2.55 bits per heavy atom. The van der Waals surface area contributed by atoms with E-state index >= 15 is 0 Å². The van der Waals surface area contributed by atoms with E-state index in [1.807, 2.05) is 6.92 Å². The van der Waals surface area contributed by atoms with Crippen LogP contribution in [-0.4, -0.2) is 42.6 Å². The van der Waals surface area contributed by atoms with Gasteiger partial charge in [0.1, 0.15) is 17.5 Å². The Hall–Kier alpha value is -3.74. The summed E-state index contributed by atoms with van der Waals surface area (Å²) < 4.78 is 107. The zero-order chi connectivity index (χ0) is 30.6. The number of carboxylic acids is 1. The van der Waals surface area contributed by atoms with E-state index in [0.29, 0.717) is 25.1 Å². The number of hydrogen-bond acceptors (Lipinski definition) is 6. The van der Waals surface area contributed by atoms with Gasteiger partial charge in [-0.1, -0.05) is 19.1 Å². The number of anilines is 2. The highest BCUT2D eigenvalue weighted by Crippen LogP contribution is 2.38. The molecular weight excluding hydrogens is 528 g/mol. The molecule has 1 aromatic carbocycles. The topological polar surface area (TPSA) is 112 Å². The van der Waals surface area contributed by atoms with Crippen LogP contribution in [0.4, 0.5) is 29.2 Å². The molecule has 38 heavy (non-hydrogen) atoms. The Morgan fingerprint density at radius 1 is 1.13 bits per heavy atom. The highest BCUT2D eigenvalue weighted by molar-refractivity contribution is 7.92. The second-order valence-electron chi connectivity index (χ2n) is 8.20. The van der Waals surface area contributed by atoms with Crippen molar-refractivity contribution in [3.8, 4) is 11.3 Å². The summed E-state index contributed by atoms with van der Waals surface area (Å²) >= 11 is 0. The standard InChI is InChI=1S/C25H26F4N4O4S/c1-3-13-33(14-5-8-23(34)35)21-6-4-7-22(31-21)38(36,37)32-20-12-11-19(25(27,28)29)24(30-20)18-15-17(26)10-9-16(18)2/h4,6-7,9-12,15H,3,5,8,13-14H2,1-2H3,(H,30,32)(H,34,35)/i2D3. The zero-order valence-corrected chi connectivity index (χ0v) is 20.9. The van der Waals surface area contributed by atoms with E-state index in [1.54, 1.807) is 4.90 Å². The molecule has 0 amide bonds. The first-order chi connectivity index (χ1) is 19.0. The first-order valence-corrected chi connectivity index (χ1v) is 12.9. The van der Waals surface area contributed by atoms with Crippen LogP contribution in [0.15, 0.2) is 53.6 Å². The van der Waals surface area contributed by atoms with Crippen molar-refractivity contribution in [3.05, 3.63) is 65.5 Å². The van der Waals surface area contributed by atoms with Gasteiger partial charge in [-0.2, -0.15) is 21.6 Å². The van der Waals surface area contributed by atoms with Gasteiger partial charge in [0.05, 0.1) is 11.3 Å². The van der Waals surface area contributed by atoms with Crippen LogP contribution < -0.4 is 9.62 Å². The number of alkyl halides is 3. The summed E-state index contributed by atoms with van der Waals surface area (Å²) in [5.41, 5.74) is -3.65. The van der Waals surface area contributed by atoms with Crippen LogP contribution in [0.2, 0.25) is 0 Å². The smallest absolute Gasteiger partial charge is 0.418 e. The number of aliphatic carboxylic acids is 1. The fourth-order valence-electron chi connectivity index (χ4n) is 3.61. The summed E-state index contributed by atoms with van der Waals surface area (Å²) in [7, 11) is -4.52. The molecule has 204 valence electrons. The molecule has 2 aromatic heterocycles. The van der Waals surface area contributed by atoms with Crippen molar-refractivity contribution in [1.82, 2.24) is 9.97 Å². The largest absolute Gasteiger partial charge is 0.481 e. The van der Waals surface area contributed by atoms with Crippen molar-refractivity contribution in [3.63, 3.8) is 0 Å². The summed E-state index contributed by atoms with van der Waals surface area (Å²) in [4.78, 5) is 20.5. The number of carbonyl (C=O) groups is 1. The number of sulfonamides is 1. The number of carboxylic acid groups (broad SMARTS) is 1. The molecule has 0 saturated carbocycles. The molecule has 0 saturated heterocycles. The average molecular weight is 558 g/mol. The normalized spacial score (nSPS) is 13.3. The van der Waals surface area contributed by atoms with E-state index in [2.05, 4.69) is 14.7 Å². The van der Waals surface area contributed by atoms with Crippen LogP contribution >= 0.6 is 0 Å². The van der Waals surface area contributed by atoms with Crippen molar-refractivity contribution >= 4 is 27.6 Å². The summed E-state index contributed by atoms with van der Waals surface area (Å²) in [6.45, 7) is -0.321. The predicted octanol–water partition coefficient (Wildman–Crippen LogP) is 5.49. The highest BCUT2D eigenvalue weighted by atomic mass is 32.2. The second kappa shape index (κ2) is 11.8. The van der Waals surface area contributed by atoms with Gasteiger partial charge in [0.2, 0.25) is 0 Å². The van der Waals surface area contributed by atoms with Gasteiger partial charge in [0.15, 0.2) is 5.03 Å². The third-order valence-electron chi connectivity index (χ3n) is 5.30. The molecule has 0 bridgehead atoms. The van der Waals surface area contributed by atoms with Crippen molar-refractivity contribution in [2.45, 2.75) is 44.2 Å². The molecule has 2 heterocycles. The predicted molar refractivity (Wildman–Crippen MR) is 134 cm³/mol. The molecule has 13 heteroatoms. The second-order valence-corrected chi connectivity index (χ2v) is 9.83. The molecule has 3 aromatic rings. The minimum Gasteiger partial charge on any atom is -0.481 e. The third kappa shape index (κ3) is 7.18. The Labute approximate surface area is 221 Å². The zero-order valence-electron chi connectivity index (χ0n) is 23.1. The number of nitrogens with zero attached hydrogens (tertiary/aromatic N) is 3. The lowest BCUT2D eigenvalue weighted by molar-refractivity contribution is -0.138. The lowest BCUT2D eigenvalue weighted by atomic mass is 10.0. The molecule has 0 aliphatic heterocycles. The van der Waals surface area contributed by atoms with Gasteiger partial charge in [-0.3, -0.25) is 9.52 Å². The van der Waals surface area contributed by atoms with Crippen LogP contribution in [0.1, 0.15) is 41.4 Å². The SMILES string of the molecule is [2H]C([2H])([2H])c1ccc(F)cc1-c1nc(NS(=O)(=O)c2cccc(N(CCC)CCCC(=O)O)n2)ccc1C(F)(F)F. The number of hydrogen-bond donors (Lipinski definition) is 2. The molecule has 0 atom stereocenters. The summed E-state index contributed by atoms with van der Waals surface area (Å²) in [6, 6.07) is 7.55. The summed E-state index contributed by atoms with van der Waals surface area (Å²) in [6.07, 6.45) is -4.20. The number of benzene rings is 1. The molecule has 0 radical (unpaired) electrons. The van der Waals surface area contributed by atoms with E-state index in [-0.39, 0.29) is 25.2 Å². The van der Waals surface area contributed by atoms with Crippen molar-refractivity contribution in [2.24, 2.45) is 0 Å². The molecule has 3 rings (SSSR count).